The molecule has 106 valence electrons. The highest BCUT2D eigenvalue weighted by atomic mass is 19.4. The number of carbonyl (C=O) groups excluding carboxylic acids is 1. The predicted octanol–water partition coefficient (Wildman–Crippen LogP) is 2.30. The molecule has 0 aliphatic heterocycles. The summed E-state index contributed by atoms with van der Waals surface area (Å²) in [4.78, 5) is 19.0. The summed E-state index contributed by atoms with van der Waals surface area (Å²) < 4.78 is 41.4. The van der Waals surface area contributed by atoms with Gasteiger partial charge < -0.3 is 10.1 Å². The van der Waals surface area contributed by atoms with Gasteiger partial charge in [-0.15, -0.1) is 0 Å². The van der Waals surface area contributed by atoms with E-state index in [1.807, 2.05) is 0 Å². The van der Waals surface area contributed by atoms with Gasteiger partial charge in [0.25, 0.3) is 0 Å². The normalized spacial score (nSPS) is 11.2. The zero-order valence-corrected chi connectivity index (χ0v) is 9.96. The zero-order chi connectivity index (χ0) is 14.6. The highest BCUT2D eigenvalue weighted by Gasteiger charge is 2.28. The van der Waals surface area contributed by atoms with Gasteiger partial charge in [-0.3, -0.25) is 4.57 Å². The molecule has 1 amide bonds. The maximum atomic E-state index is 11.9. The number of rotatable bonds is 3. The van der Waals surface area contributed by atoms with Crippen molar-refractivity contribution in [3.05, 3.63) is 37.1 Å². The van der Waals surface area contributed by atoms with Gasteiger partial charge in [0.05, 0.1) is 11.9 Å². The van der Waals surface area contributed by atoms with Crippen molar-refractivity contribution in [2.24, 2.45) is 0 Å². The van der Waals surface area contributed by atoms with Crippen LogP contribution in [0.25, 0.3) is 0 Å². The molecule has 0 saturated heterocycles. The summed E-state index contributed by atoms with van der Waals surface area (Å²) in [6.45, 7) is -1.42. The van der Waals surface area contributed by atoms with Crippen molar-refractivity contribution in [3.8, 4) is 5.88 Å². The van der Waals surface area contributed by atoms with Gasteiger partial charge in [0.2, 0.25) is 5.88 Å². The Bertz CT molecular complexity index is 566. The molecule has 2 heterocycles. The van der Waals surface area contributed by atoms with E-state index in [4.69, 9.17) is 0 Å². The van der Waals surface area contributed by atoms with E-state index in [0.29, 0.717) is 5.69 Å². The maximum Gasteiger partial charge on any atom is 0.422 e. The van der Waals surface area contributed by atoms with Crippen molar-refractivity contribution in [1.29, 1.82) is 0 Å². The molecule has 0 fully saturated rings. The topological polar surface area (TPSA) is 69.0 Å². The quantitative estimate of drug-likeness (QED) is 0.940. The van der Waals surface area contributed by atoms with Gasteiger partial charge in [0.15, 0.2) is 6.61 Å². The van der Waals surface area contributed by atoms with E-state index < -0.39 is 18.8 Å². The van der Waals surface area contributed by atoms with E-state index in [9.17, 15) is 18.0 Å². The molecule has 0 saturated carbocycles. The van der Waals surface area contributed by atoms with Crippen LogP contribution in [-0.4, -0.2) is 33.3 Å². The van der Waals surface area contributed by atoms with Crippen LogP contribution < -0.4 is 10.1 Å². The molecule has 6 nitrogen and oxygen atoms in total. The Hall–Kier alpha value is -2.58. The molecule has 0 aliphatic carbocycles. The number of ether oxygens (including phenoxy) is 1. The van der Waals surface area contributed by atoms with E-state index in [-0.39, 0.29) is 5.88 Å². The molecule has 9 heteroatoms. The fourth-order valence-corrected chi connectivity index (χ4v) is 1.26. The van der Waals surface area contributed by atoms with Crippen LogP contribution in [-0.2, 0) is 0 Å². The van der Waals surface area contributed by atoms with Gasteiger partial charge in [-0.05, 0) is 6.07 Å². The number of nitrogens with zero attached hydrogens (tertiary/aromatic N) is 3. The highest BCUT2D eigenvalue weighted by molar-refractivity contribution is 5.90. The monoisotopic (exact) mass is 286 g/mol. The lowest BCUT2D eigenvalue weighted by Crippen LogP contribution is -2.20. The third-order valence-electron chi connectivity index (χ3n) is 2.11. The average molecular weight is 286 g/mol. The van der Waals surface area contributed by atoms with E-state index in [1.54, 1.807) is 0 Å². The lowest BCUT2D eigenvalue weighted by molar-refractivity contribution is -0.154. The molecule has 2 aromatic heterocycles. The van der Waals surface area contributed by atoms with Crippen molar-refractivity contribution < 1.29 is 22.7 Å². The van der Waals surface area contributed by atoms with Crippen LogP contribution in [0.2, 0.25) is 0 Å². The first-order valence-electron chi connectivity index (χ1n) is 5.39. The summed E-state index contributed by atoms with van der Waals surface area (Å²) >= 11 is 0. The Morgan fingerprint density at radius 2 is 2.20 bits per heavy atom. The molecule has 0 radical (unpaired) electrons. The maximum absolute atomic E-state index is 11.9. The molecular formula is C11H9F3N4O2. The Morgan fingerprint density at radius 3 is 2.75 bits per heavy atom. The molecule has 0 bridgehead atoms. The molecule has 1 N–H and O–H groups in total. The Morgan fingerprint density at radius 1 is 1.40 bits per heavy atom. The number of nitrogens with one attached hydrogen (secondary N) is 1. The second-order valence-corrected chi connectivity index (χ2v) is 3.69. The number of alkyl halides is 3. The van der Waals surface area contributed by atoms with Crippen LogP contribution in [0.5, 0.6) is 5.88 Å². The Labute approximate surface area is 111 Å². The van der Waals surface area contributed by atoms with Crippen LogP contribution in [0.3, 0.4) is 0 Å². The fraction of sp³-hybridized carbons (Fsp3) is 0.182. The van der Waals surface area contributed by atoms with Gasteiger partial charge in [-0.25, -0.2) is 14.8 Å². The SMILES string of the molecule is O=C(Nc1ccc(OCC(F)(F)F)nc1)n1ccnc1. The smallest absolute Gasteiger partial charge is 0.422 e. The standard InChI is InChI=1S/C11H9F3N4O2/c12-11(13,14)6-20-9-2-1-8(5-16-9)17-10(19)18-4-3-15-7-18/h1-5,7H,6H2,(H,17,19). The number of pyridine rings is 1. The number of carbonyl (C=O) groups is 1. The fourth-order valence-electron chi connectivity index (χ4n) is 1.26. The number of hydrogen-bond acceptors (Lipinski definition) is 4. The van der Waals surface area contributed by atoms with Crippen molar-refractivity contribution >= 4 is 11.7 Å². The van der Waals surface area contributed by atoms with Gasteiger partial charge in [-0.1, -0.05) is 0 Å². The third kappa shape index (κ3) is 3.97. The Kier molecular flexibility index (Phi) is 3.87. The lowest BCUT2D eigenvalue weighted by atomic mass is 10.4. The van der Waals surface area contributed by atoms with Crippen LogP contribution in [0.15, 0.2) is 37.1 Å². The summed E-state index contributed by atoms with van der Waals surface area (Å²) in [5, 5.41) is 2.49. The molecule has 2 rings (SSSR count). The van der Waals surface area contributed by atoms with Crippen molar-refractivity contribution in [1.82, 2.24) is 14.5 Å². The minimum Gasteiger partial charge on any atom is -0.468 e. The number of aromatic nitrogens is 3. The van der Waals surface area contributed by atoms with Crippen LogP contribution in [0.4, 0.5) is 23.7 Å². The van der Waals surface area contributed by atoms with E-state index in [0.717, 1.165) is 0 Å². The number of anilines is 1. The Balaban J connectivity index is 1.93. The minimum absolute atomic E-state index is 0.178. The van der Waals surface area contributed by atoms with E-state index >= 15 is 0 Å². The lowest BCUT2D eigenvalue weighted by Gasteiger charge is -2.09. The van der Waals surface area contributed by atoms with E-state index in [1.165, 1.54) is 41.6 Å². The summed E-state index contributed by atoms with van der Waals surface area (Å²) in [5.74, 6) is -0.178. The van der Waals surface area contributed by atoms with Gasteiger partial charge in [-0.2, -0.15) is 13.2 Å². The predicted molar refractivity (Wildman–Crippen MR) is 62.4 cm³/mol. The van der Waals surface area contributed by atoms with Gasteiger partial charge >= 0.3 is 12.2 Å². The second-order valence-electron chi connectivity index (χ2n) is 3.69. The number of imidazole rings is 1. The van der Waals surface area contributed by atoms with Crippen LogP contribution >= 0.6 is 0 Å². The van der Waals surface area contributed by atoms with Crippen molar-refractivity contribution in [2.45, 2.75) is 6.18 Å². The van der Waals surface area contributed by atoms with Gasteiger partial charge in [0, 0.05) is 18.5 Å². The molecule has 2 aromatic rings. The zero-order valence-electron chi connectivity index (χ0n) is 9.96. The first-order chi connectivity index (χ1) is 9.44. The van der Waals surface area contributed by atoms with E-state index in [2.05, 4.69) is 20.0 Å². The molecule has 0 unspecified atom stereocenters. The first-order valence-corrected chi connectivity index (χ1v) is 5.39. The molecule has 0 atom stereocenters. The van der Waals surface area contributed by atoms with Crippen molar-refractivity contribution in [2.75, 3.05) is 11.9 Å². The first kappa shape index (κ1) is 13.8. The molecule has 0 spiro atoms. The third-order valence-corrected chi connectivity index (χ3v) is 2.11. The number of halogens is 3. The second kappa shape index (κ2) is 5.59. The minimum atomic E-state index is -4.42. The van der Waals surface area contributed by atoms with Crippen LogP contribution in [0, 0.1) is 0 Å². The molecule has 0 aromatic carbocycles. The van der Waals surface area contributed by atoms with Crippen molar-refractivity contribution in [3.63, 3.8) is 0 Å². The molecule has 20 heavy (non-hydrogen) atoms. The average Bonchev–Trinajstić information content (AvgIpc) is 2.91. The van der Waals surface area contributed by atoms with Gasteiger partial charge in [0.1, 0.15) is 6.33 Å². The van der Waals surface area contributed by atoms with Crippen LogP contribution in [0.1, 0.15) is 0 Å². The summed E-state index contributed by atoms with van der Waals surface area (Å²) in [6.07, 6.45) is 0.968. The summed E-state index contributed by atoms with van der Waals surface area (Å²) in [5.41, 5.74) is 0.322. The molecule has 0 aliphatic rings. The molecular weight excluding hydrogens is 277 g/mol. The number of amides is 1. The highest BCUT2D eigenvalue weighted by Crippen LogP contribution is 2.18. The summed E-state index contributed by atoms with van der Waals surface area (Å²) in [6, 6.07) is 2.15. The number of hydrogen-bond donors (Lipinski definition) is 1. The largest absolute Gasteiger partial charge is 0.468 e. The summed E-state index contributed by atoms with van der Waals surface area (Å²) in [7, 11) is 0.